The minimum atomic E-state index is 0.670. The molecule has 1 rings (SSSR count). The summed E-state index contributed by atoms with van der Waals surface area (Å²) in [5.41, 5.74) is 0. The Morgan fingerprint density at radius 2 is 2.38 bits per heavy atom. The van der Waals surface area contributed by atoms with E-state index in [2.05, 4.69) is 29.2 Å². The van der Waals surface area contributed by atoms with Gasteiger partial charge in [-0.05, 0) is 13.0 Å². The van der Waals surface area contributed by atoms with Crippen LogP contribution in [-0.4, -0.2) is 21.8 Å². The summed E-state index contributed by atoms with van der Waals surface area (Å²) in [6.45, 7) is 6.12. The van der Waals surface area contributed by atoms with Crippen molar-refractivity contribution in [3.63, 3.8) is 0 Å². The lowest BCUT2D eigenvalue weighted by molar-refractivity contribution is 0.436. The van der Waals surface area contributed by atoms with Crippen LogP contribution in [0.15, 0.2) is 6.33 Å². The molecule has 1 atom stereocenters. The van der Waals surface area contributed by atoms with Crippen molar-refractivity contribution in [2.75, 3.05) is 7.05 Å². The van der Waals surface area contributed by atoms with Gasteiger partial charge in [0.05, 0.1) is 6.54 Å². The van der Waals surface area contributed by atoms with E-state index >= 15 is 0 Å². The predicted molar refractivity (Wildman–Crippen MR) is 52.2 cm³/mol. The summed E-state index contributed by atoms with van der Waals surface area (Å²) in [4.78, 5) is 4.18. The van der Waals surface area contributed by atoms with Crippen LogP contribution in [0.2, 0.25) is 0 Å². The Labute approximate surface area is 79.4 Å². The molecule has 0 aliphatic heterocycles. The molecule has 74 valence electrons. The molecule has 1 unspecified atom stereocenters. The molecule has 1 aromatic rings. The van der Waals surface area contributed by atoms with Gasteiger partial charge in [-0.25, -0.2) is 4.98 Å². The maximum absolute atomic E-state index is 4.33. The topological polar surface area (TPSA) is 42.7 Å². The highest BCUT2D eigenvalue weighted by molar-refractivity contribution is 4.80. The van der Waals surface area contributed by atoms with Gasteiger partial charge in [-0.2, -0.15) is 5.10 Å². The highest BCUT2D eigenvalue weighted by Gasteiger charge is 2.02. The van der Waals surface area contributed by atoms with Crippen molar-refractivity contribution in [1.29, 1.82) is 0 Å². The van der Waals surface area contributed by atoms with Gasteiger partial charge in [0.25, 0.3) is 0 Å². The molecule has 1 heterocycles. The average molecular weight is 182 g/mol. The molecule has 0 saturated heterocycles. The first kappa shape index (κ1) is 10.2. The quantitative estimate of drug-likeness (QED) is 0.740. The third-order valence-corrected chi connectivity index (χ3v) is 2.11. The molecule has 0 amide bonds. The van der Waals surface area contributed by atoms with Crippen molar-refractivity contribution in [2.45, 2.75) is 33.4 Å². The molecule has 1 aromatic heterocycles. The van der Waals surface area contributed by atoms with E-state index in [1.807, 2.05) is 11.7 Å². The summed E-state index contributed by atoms with van der Waals surface area (Å²) in [5.74, 6) is 1.54. The van der Waals surface area contributed by atoms with Crippen LogP contribution in [0.3, 0.4) is 0 Å². The van der Waals surface area contributed by atoms with Crippen LogP contribution in [0.5, 0.6) is 0 Å². The molecule has 0 fully saturated rings. The van der Waals surface area contributed by atoms with Crippen molar-refractivity contribution in [2.24, 2.45) is 5.92 Å². The number of aromatic nitrogens is 3. The van der Waals surface area contributed by atoms with Crippen molar-refractivity contribution in [3.8, 4) is 0 Å². The van der Waals surface area contributed by atoms with Crippen LogP contribution in [0.1, 0.15) is 26.1 Å². The second-order valence-electron chi connectivity index (χ2n) is 3.43. The highest BCUT2D eigenvalue weighted by atomic mass is 15.3. The van der Waals surface area contributed by atoms with Crippen molar-refractivity contribution in [3.05, 3.63) is 12.2 Å². The normalized spacial score (nSPS) is 13.2. The molecular weight excluding hydrogens is 164 g/mol. The van der Waals surface area contributed by atoms with E-state index in [4.69, 9.17) is 0 Å². The summed E-state index contributed by atoms with van der Waals surface area (Å²) < 4.78 is 1.92. The maximum Gasteiger partial charge on any atom is 0.164 e. The van der Waals surface area contributed by atoms with Crippen LogP contribution in [0, 0.1) is 5.92 Å². The summed E-state index contributed by atoms with van der Waals surface area (Å²) in [6, 6.07) is 0. The zero-order valence-electron chi connectivity index (χ0n) is 8.62. The lowest BCUT2D eigenvalue weighted by Gasteiger charge is -2.06. The van der Waals surface area contributed by atoms with Gasteiger partial charge < -0.3 is 5.32 Å². The number of nitrogens with one attached hydrogen (secondary N) is 1. The van der Waals surface area contributed by atoms with Gasteiger partial charge in [0, 0.05) is 6.54 Å². The first-order valence-electron chi connectivity index (χ1n) is 4.79. The Balaban J connectivity index is 2.48. The van der Waals surface area contributed by atoms with E-state index in [0.29, 0.717) is 5.92 Å². The van der Waals surface area contributed by atoms with Gasteiger partial charge in [-0.3, -0.25) is 4.68 Å². The third-order valence-electron chi connectivity index (χ3n) is 2.11. The molecule has 0 aliphatic rings. The second kappa shape index (κ2) is 4.97. The minimum Gasteiger partial charge on any atom is -0.313 e. The number of hydrogen-bond acceptors (Lipinski definition) is 3. The number of rotatable bonds is 5. The summed E-state index contributed by atoms with van der Waals surface area (Å²) in [6.07, 6.45) is 2.99. The lowest BCUT2D eigenvalue weighted by Crippen LogP contribution is -2.10. The van der Waals surface area contributed by atoms with Gasteiger partial charge in [0.15, 0.2) is 5.82 Å². The van der Waals surface area contributed by atoms with Crippen LogP contribution in [0.4, 0.5) is 0 Å². The average Bonchev–Trinajstić information content (AvgIpc) is 2.53. The van der Waals surface area contributed by atoms with Crippen LogP contribution < -0.4 is 5.32 Å². The highest BCUT2D eigenvalue weighted by Crippen LogP contribution is 2.03. The van der Waals surface area contributed by atoms with Gasteiger partial charge in [0.1, 0.15) is 6.33 Å². The Morgan fingerprint density at radius 1 is 1.62 bits per heavy atom. The summed E-state index contributed by atoms with van der Waals surface area (Å²) in [7, 11) is 1.90. The molecule has 0 radical (unpaired) electrons. The van der Waals surface area contributed by atoms with E-state index in [0.717, 1.165) is 18.9 Å². The first-order valence-corrected chi connectivity index (χ1v) is 4.79. The molecule has 4 nitrogen and oxygen atoms in total. The molecule has 0 aromatic carbocycles. The molecule has 0 bridgehead atoms. The molecule has 13 heavy (non-hydrogen) atoms. The van der Waals surface area contributed by atoms with Crippen LogP contribution in [-0.2, 0) is 13.1 Å². The van der Waals surface area contributed by atoms with E-state index in [1.54, 1.807) is 6.33 Å². The molecular formula is C9H18N4. The predicted octanol–water partition coefficient (Wildman–Crippen LogP) is 1.04. The van der Waals surface area contributed by atoms with Crippen molar-refractivity contribution >= 4 is 0 Å². The number of hydrogen-bond donors (Lipinski definition) is 1. The van der Waals surface area contributed by atoms with Crippen LogP contribution in [0.25, 0.3) is 0 Å². The van der Waals surface area contributed by atoms with Crippen molar-refractivity contribution in [1.82, 2.24) is 20.1 Å². The SMILES string of the molecule is CCC(C)Cn1cnc(CNC)n1. The minimum absolute atomic E-state index is 0.670. The summed E-state index contributed by atoms with van der Waals surface area (Å²) in [5, 5.41) is 7.36. The van der Waals surface area contributed by atoms with Gasteiger partial charge in [-0.15, -0.1) is 0 Å². The zero-order valence-corrected chi connectivity index (χ0v) is 8.62. The Kier molecular flexibility index (Phi) is 3.89. The maximum atomic E-state index is 4.33. The van der Waals surface area contributed by atoms with Gasteiger partial charge in [-0.1, -0.05) is 20.3 Å². The monoisotopic (exact) mass is 182 g/mol. The van der Waals surface area contributed by atoms with Gasteiger partial charge in [0.2, 0.25) is 0 Å². The largest absolute Gasteiger partial charge is 0.313 e. The molecule has 0 spiro atoms. The van der Waals surface area contributed by atoms with E-state index in [-0.39, 0.29) is 0 Å². The van der Waals surface area contributed by atoms with Crippen LogP contribution >= 0.6 is 0 Å². The first-order chi connectivity index (χ1) is 6.26. The fourth-order valence-electron chi connectivity index (χ4n) is 1.11. The number of nitrogens with zero attached hydrogens (tertiary/aromatic N) is 3. The Morgan fingerprint density at radius 3 is 3.00 bits per heavy atom. The Hall–Kier alpha value is -0.900. The smallest absolute Gasteiger partial charge is 0.164 e. The van der Waals surface area contributed by atoms with E-state index in [1.165, 1.54) is 6.42 Å². The molecule has 4 heteroatoms. The summed E-state index contributed by atoms with van der Waals surface area (Å²) >= 11 is 0. The van der Waals surface area contributed by atoms with Crippen molar-refractivity contribution < 1.29 is 0 Å². The fraction of sp³-hybridized carbons (Fsp3) is 0.778. The second-order valence-corrected chi connectivity index (χ2v) is 3.43. The molecule has 0 saturated carbocycles. The van der Waals surface area contributed by atoms with E-state index in [9.17, 15) is 0 Å². The molecule has 0 aliphatic carbocycles. The zero-order chi connectivity index (χ0) is 9.68. The van der Waals surface area contributed by atoms with Gasteiger partial charge >= 0.3 is 0 Å². The Bertz CT molecular complexity index is 244. The van der Waals surface area contributed by atoms with E-state index < -0.39 is 0 Å². The standard InChI is InChI=1S/C9H18N4/c1-4-8(2)6-13-7-11-9(12-13)5-10-3/h7-8,10H,4-6H2,1-3H3. The molecule has 1 N–H and O–H groups in total. The lowest BCUT2D eigenvalue weighted by atomic mass is 10.1. The third kappa shape index (κ3) is 3.14. The fourth-order valence-corrected chi connectivity index (χ4v) is 1.11.